The normalized spacial score (nSPS) is 17.4. The molecular weight excluding hydrogens is 489 g/mol. The van der Waals surface area contributed by atoms with Gasteiger partial charge in [0.2, 0.25) is 0 Å². The third-order valence-corrected chi connectivity index (χ3v) is 7.44. The SMILES string of the molecule is O=C(c1csc(CN(Cc2ccc(F)cc2)Cc2cccc(Cl)c2)n1)N1CCC2(CC1)OCCO2. The predicted octanol–water partition coefficient (Wildman–Crippen LogP) is 5.12. The third-order valence-electron chi connectivity index (χ3n) is 6.37. The summed E-state index contributed by atoms with van der Waals surface area (Å²) in [6.45, 7) is 4.25. The maximum Gasteiger partial charge on any atom is 0.273 e. The summed E-state index contributed by atoms with van der Waals surface area (Å²) in [7, 11) is 0. The average Bonchev–Trinajstić information content (AvgIpc) is 3.51. The zero-order valence-corrected chi connectivity index (χ0v) is 20.9. The number of thiazole rings is 1. The Balaban J connectivity index is 1.26. The number of benzene rings is 2. The fourth-order valence-electron chi connectivity index (χ4n) is 4.58. The minimum Gasteiger partial charge on any atom is -0.347 e. The molecule has 3 heterocycles. The van der Waals surface area contributed by atoms with Crippen LogP contribution in [0.1, 0.15) is 39.5 Å². The molecule has 0 bridgehead atoms. The second-order valence-electron chi connectivity index (χ2n) is 8.93. The Kier molecular flexibility index (Phi) is 7.45. The molecule has 35 heavy (non-hydrogen) atoms. The number of hydrogen-bond donors (Lipinski definition) is 0. The van der Waals surface area contributed by atoms with Gasteiger partial charge in [-0.25, -0.2) is 9.37 Å². The van der Waals surface area contributed by atoms with Gasteiger partial charge >= 0.3 is 0 Å². The quantitative estimate of drug-likeness (QED) is 0.437. The highest BCUT2D eigenvalue weighted by Crippen LogP contribution is 2.32. The van der Waals surface area contributed by atoms with Crippen molar-refractivity contribution in [1.29, 1.82) is 0 Å². The third kappa shape index (κ3) is 6.08. The van der Waals surface area contributed by atoms with E-state index in [1.165, 1.54) is 23.5 Å². The van der Waals surface area contributed by atoms with Gasteiger partial charge in [0.05, 0.1) is 19.8 Å². The van der Waals surface area contributed by atoms with Gasteiger partial charge in [-0.1, -0.05) is 35.9 Å². The van der Waals surface area contributed by atoms with Gasteiger partial charge in [-0.05, 0) is 35.4 Å². The van der Waals surface area contributed by atoms with Crippen LogP contribution in [0.25, 0.3) is 0 Å². The van der Waals surface area contributed by atoms with Crippen LogP contribution in [0.5, 0.6) is 0 Å². The maximum atomic E-state index is 13.4. The molecule has 5 rings (SSSR count). The zero-order valence-electron chi connectivity index (χ0n) is 19.3. The van der Waals surface area contributed by atoms with Gasteiger partial charge in [0.1, 0.15) is 16.5 Å². The molecule has 1 spiro atoms. The van der Waals surface area contributed by atoms with Crippen LogP contribution in [0.4, 0.5) is 4.39 Å². The zero-order chi connectivity index (χ0) is 24.3. The van der Waals surface area contributed by atoms with E-state index >= 15 is 0 Å². The van der Waals surface area contributed by atoms with Gasteiger partial charge in [-0.3, -0.25) is 9.69 Å². The first-order valence-corrected chi connectivity index (χ1v) is 13.0. The lowest BCUT2D eigenvalue weighted by Gasteiger charge is -2.37. The van der Waals surface area contributed by atoms with E-state index in [0.29, 0.717) is 69.5 Å². The highest BCUT2D eigenvalue weighted by Gasteiger charge is 2.41. The Labute approximate surface area is 213 Å². The van der Waals surface area contributed by atoms with Crippen molar-refractivity contribution in [2.45, 2.75) is 38.3 Å². The molecule has 1 aromatic heterocycles. The van der Waals surface area contributed by atoms with E-state index in [0.717, 1.165) is 16.1 Å². The molecule has 0 atom stereocenters. The van der Waals surface area contributed by atoms with Gasteiger partial charge in [0.25, 0.3) is 5.91 Å². The van der Waals surface area contributed by atoms with Crippen LogP contribution in [-0.2, 0) is 29.1 Å². The molecular formula is C26H27ClFN3O3S. The summed E-state index contributed by atoms with van der Waals surface area (Å²) >= 11 is 7.67. The van der Waals surface area contributed by atoms with Crippen molar-refractivity contribution in [3.8, 4) is 0 Å². The van der Waals surface area contributed by atoms with Crippen molar-refractivity contribution < 1.29 is 18.7 Å². The number of ether oxygens (including phenoxy) is 2. The summed E-state index contributed by atoms with van der Waals surface area (Å²) in [5.74, 6) is -0.821. The van der Waals surface area contributed by atoms with Crippen LogP contribution in [0.15, 0.2) is 53.9 Å². The van der Waals surface area contributed by atoms with Crippen LogP contribution in [0.3, 0.4) is 0 Å². The van der Waals surface area contributed by atoms with Crippen LogP contribution in [0.2, 0.25) is 5.02 Å². The van der Waals surface area contributed by atoms with Crippen molar-refractivity contribution >= 4 is 28.8 Å². The molecule has 2 saturated heterocycles. The average molecular weight is 516 g/mol. The summed E-state index contributed by atoms with van der Waals surface area (Å²) in [6.07, 6.45) is 1.36. The molecule has 1 amide bonds. The monoisotopic (exact) mass is 515 g/mol. The minimum atomic E-state index is -0.509. The smallest absolute Gasteiger partial charge is 0.273 e. The maximum absolute atomic E-state index is 13.4. The van der Waals surface area contributed by atoms with E-state index < -0.39 is 5.79 Å². The highest BCUT2D eigenvalue weighted by molar-refractivity contribution is 7.09. The predicted molar refractivity (Wildman–Crippen MR) is 133 cm³/mol. The summed E-state index contributed by atoms with van der Waals surface area (Å²) in [5, 5.41) is 3.37. The Morgan fingerprint density at radius 1 is 1.06 bits per heavy atom. The van der Waals surface area contributed by atoms with Crippen LogP contribution >= 0.6 is 22.9 Å². The molecule has 0 radical (unpaired) electrons. The number of halogens is 2. The van der Waals surface area contributed by atoms with Crippen molar-refractivity contribution in [3.05, 3.63) is 86.6 Å². The molecule has 3 aromatic rings. The first-order chi connectivity index (χ1) is 17.0. The van der Waals surface area contributed by atoms with Crippen molar-refractivity contribution in [2.75, 3.05) is 26.3 Å². The van der Waals surface area contributed by atoms with Crippen LogP contribution in [0, 0.1) is 5.82 Å². The molecule has 0 unspecified atom stereocenters. The number of aromatic nitrogens is 1. The molecule has 2 aliphatic heterocycles. The van der Waals surface area contributed by atoms with Crippen molar-refractivity contribution in [3.63, 3.8) is 0 Å². The van der Waals surface area contributed by atoms with Crippen molar-refractivity contribution in [1.82, 2.24) is 14.8 Å². The number of hydrogen-bond acceptors (Lipinski definition) is 6. The van der Waals surface area contributed by atoms with E-state index in [-0.39, 0.29) is 11.7 Å². The molecule has 2 aromatic carbocycles. The number of nitrogens with zero attached hydrogens (tertiary/aromatic N) is 3. The van der Waals surface area contributed by atoms with E-state index in [2.05, 4.69) is 9.88 Å². The lowest BCUT2D eigenvalue weighted by Crippen LogP contribution is -2.47. The molecule has 2 fully saturated rings. The molecule has 9 heteroatoms. The van der Waals surface area contributed by atoms with E-state index in [4.69, 9.17) is 21.1 Å². The Morgan fingerprint density at radius 3 is 2.49 bits per heavy atom. The van der Waals surface area contributed by atoms with E-state index in [1.54, 1.807) is 12.1 Å². The van der Waals surface area contributed by atoms with Gasteiger partial charge in [-0.15, -0.1) is 11.3 Å². The number of rotatable bonds is 7. The first-order valence-electron chi connectivity index (χ1n) is 11.7. The van der Waals surface area contributed by atoms with Crippen LogP contribution < -0.4 is 0 Å². The second-order valence-corrected chi connectivity index (χ2v) is 10.3. The molecule has 0 N–H and O–H groups in total. The molecule has 0 saturated carbocycles. The van der Waals surface area contributed by atoms with Gasteiger partial charge < -0.3 is 14.4 Å². The number of piperidine rings is 1. The lowest BCUT2D eigenvalue weighted by atomic mass is 10.0. The first kappa shape index (κ1) is 24.3. The summed E-state index contributed by atoms with van der Waals surface area (Å²) in [5.41, 5.74) is 2.55. The van der Waals surface area contributed by atoms with E-state index in [9.17, 15) is 9.18 Å². The number of likely N-dealkylation sites (tertiary alicyclic amines) is 1. The van der Waals surface area contributed by atoms with Crippen LogP contribution in [-0.4, -0.2) is 52.8 Å². The largest absolute Gasteiger partial charge is 0.347 e. The lowest BCUT2D eigenvalue weighted by molar-refractivity contribution is -0.181. The fraction of sp³-hybridized carbons (Fsp3) is 0.385. The standard InChI is InChI=1S/C26H27ClFN3O3S/c27-21-3-1-2-20(14-21)16-30(15-19-4-6-22(28)7-5-19)17-24-29-23(18-35-24)25(32)31-10-8-26(9-11-31)33-12-13-34-26/h1-7,14,18H,8-13,15-17H2. The number of carbonyl (C=O) groups is 1. The van der Waals surface area contributed by atoms with Crippen molar-refractivity contribution in [2.24, 2.45) is 0 Å². The van der Waals surface area contributed by atoms with Gasteiger partial charge in [0.15, 0.2) is 5.79 Å². The van der Waals surface area contributed by atoms with E-state index in [1.807, 2.05) is 34.5 Å². The molecule has 6 nitrogen and oxygen atoms in total. The molecule has 2 aliphatic rings. The summed E-state index contributed by atoms with van der Waals surface area (Å²) in [4.78, 5) is 21.8. The minimum absolute atomic E-state index is 0.0553. The second kappa shape index (κ2) is 10.7. The highest BCUT2D eigenvalue weighted by atomic mass is 35.5. The van der Waals surface area contributed by atoms with Gasteiger partial charge in [-0.2, -0.15) is 0 Å². The Morgan fingerprint density at radius 2 is 1.77 bits per heavy atom. The van der Waals surface area contributed by atoms with Gasteiger partial charge in [0, 0.05) is 49.4 Å². The fourth-order valence-corrected chi connectivity index (χ4v) is 5.60. The Hall–Kier alpha value is -2.36. The number of amides is 1. The molecule has 0 aliphatic carbocycles. The Bertz CT molecular complexity index is 1160. The number of carbonyl (C=O) groups excluding carboxylic acids is 1. The topological polar surface area (TPSA) is 54.9 Å². The summed E-state index contributed by atoms with van der Waals surface area (Å²) < 4.78 is 24.9. The summed E-state index contributed by atoms with van der Waals surface area (Å²) in [6, 6.07) is 14.3. The molecule has 184 valence electrons.